The number of halogens is 2. The molecule has 6 heteroatoms. The van der Waals surface area contributed by atoms with Crippen LogP contribution in [0.1, 0.15) is 15.2 Å². The maximum absolute atomic E-state index is 12.1. The fraction of sp³-hybridized carbons (Fsp3) is 0.133. The second-order valence-corrected chi connectivity index (χ2v) is 7.82. The van der Waals surface area contributed by atoms with Crippen LogP contribution in [0.4, 0.5) is 0 Å². The molecule has 0 spiro atoms. The zero-order valence-corrected chi connectivity index (χ0v) is 14.9. The number of amides is 1. The van der Waals surface area contributed by atoms with E-state index < -0.39 is 0 Å². The molecule has 108 valence electrons. The van der Waals surface area contributed by atoms with Crippen molar-refractivity contribution < 1.29 is 4.79 Å². The molecule has 0 atom stereocenters. The van der Waals surface area contributed by atoms with E-state index in [0.717, 1.165) is 20.2 Å². The highest BCUT2D eigenvalue weighted by molar-refractivity contribution is 9.13. The van der Waals surface area contributed by atoms with Gasteiger partial charge in [0.1, 0.15) is 0 Å². The van der Waals surface area contributed by atoms with Crippen molar-refractivity contribution in [3.63, 3.8) is 0 Å². The number of hydrogen-bond donors (Lipinski definition) is 2. The summed E-state index contributed by atoms with van der Waals surface area (Å²) in [6.45, 7) is 0.619. The Bertz CT molecular complexity index is 774. The molecule has 2 aromatic heterocycles. The summed E-state index contributed by atoms with van der Waals surface area (Å²) in [4.78, 5) is 16.0. The standard InChI is InChI=1S/C15H12Br2N2OS/c16-11-7-13(21-14(11)17)15(20)18-6-5-9-8-19-12-4-2-1-3-10(9)12/h1-4,7-8,19H,5-6H2,(H,18,20). The van der Waals surface area contributed by atoms with Crippen molar-refractivity contribution in [2.45, 2.75) is 6.42 Å². The van der Waals surface area contributed by atoms with Crippen LogP contribution < -0.4 is 5.32 Å². The van der Waals surface area contributed by atoms with Crippen LogP contribution in [0.25, 0.3) is 10.9 Å². The monoisotopic (exact) mass is 426 g/mol. The minimum Gasteiger partial charge on any atom is -0.361 e. The molecular formula is C15H12Br2N2OS. The van der Waals surface area contributed by atoms with Crippen molar-refractivity contribution in [1.82, 2.24) is 10.3 Å². The number of carbonyl (C=O) groups excluding carboxylic acids is 1. The molecule has 0 aliphatic carbocycles. The van der Waals surface area contributed by atoms with Gasteiger partial charge in [0.15, 0.2) is 0 Å². The summed E-state index contributed by atoms with van der Waals surface area (Å²) < 4.78 is 1.85. The van der Waals surface area contributed by atoms with Crippen molar-refractivity contribution in [3.05, 3.63) is 55.2 Å². The maximum atomic E-state index is 12.1. The molecule has 0 saturated heterocycles. The van der Waals surface area contributed by atoms with Crippen molar-refractivity contribution in [1.29, 1.82) is 0 Å². The number of thiophene rings is 1. The molecule has 3 rings (SSSR count). The van der Waals surface area contributed by atoms with Crippen LogP contribution in [-0.2, 0) is 6.42 Å². The molecule has 0 aliphatic rings. The molecule has 0 radical (unpaired) electrons. The van der Waals surface area contributed by atoms with Crippen molar-refractivity contribution in [2.24, 2.45) is 0 Å². The number of rotatable bonds is 4. The van der Waals surface area contributed by atoms with E-state index >= 15 is 0 Å². The third-order valence-corrected chi connectivity index (χ3v) is 6.48. The van der Waals surface area contributed by atoms with Gasteiger partial charge in [-0.3, -0.25) is 4.79 Å². The van der Waals surface area contributed by atoms with Crippen LogP contribution in [0.3, 0.4) is 0 Å². The zero-order chi connectivity index (χ0) is 14.8. The molecule has 2 heterocycles. The normalized spacial score (nSPS) is 11.0. The van der Waals surface area contributed by atoms with Gasteiger partial charge < -0.3 is 10.3 Å². The largest absolute Gasteiger partial charge is 0.361 e. The van der Waals surface area contributed by atoms with Gasteiger partial charge in [-0.05, 0) is 56.0 Å². The second-order valence-electron chi connectivity index (χ2n) is 4.60. The van der Waals surface area contributed by atoms with E-state index in [2.05, 4.69) is 54.3 Å². The van der Waals surface area contributed by atoms with Gasteiger partial charge >= 0.3 is 0 Å². The first kappa shape index (κ1) is 14.8. The lowest BCUT2D eigenvalue weighted by atomic mass is 10.1. The van der Waals surface area contributed by atoms with Crippen molar-refractivity contribution in [3.8, 4) is 0 Å². The van der Waals surface area contributed by atoms with Gasteiger partial charge in [0.05, 0.1) is 8.66 Å². The molecule has 0 fully saturated rings. The number of H-pyrrole nitrogens is 1. The van der Waals surface area contributed by atoms with Gasteiger partial charge in [-0.15, -0.1) is 11.3 Å². The topological polar surface area (TPSA) is 44.9 Å². The number of hydrogen-bond acceptors (Lipinski definition) is 2. The molecule has 3 nitrogen and oxygen atoms in total. The number of fused-ring (bicyclic) bond motifs is 1. The minimum absolute atomic E-state index is 0.0359. The third kappa shape index (κ3) is 3.22. The summed E-state index contributed by atoms with van der Waals surface area (Å²) in [7, 11) is 0. The highest BCUT2D eigenvalue weighted by Crippen LogP contribution is 2.32. The van der Waals surface area contributed by atoms with E-state index in [9.17, 15) is 4.79 Å². The molecule has 2 N–H and O–H groups in total. The summed E-state index contributed by atoms with van der Waals surface area (Å²) in [6.07, 6.45) is 2.82. The number of carbonyl (C=O) groups is 1. The Kier molecular flexibility index (Phi) is 4.47. The number of aromatic amines is 1. The first-order valence-corrected chi connectivity index (χ1v) is 8.83. The second kappa shape index (κ2) is 6.34. The summed E-state index contributed by atoms with van der Waals surface area (Å²) in [5.41, 5.74) is 2.35. The van der Waals surface area contributed by atoms with Gasteiger partial charge in [-0.2, -0.15) is 0 Å². The molecule has 3 aromatic rings. The smallest absolute Gasteiger partial charge is 0.261 e. The van der Waals surface area contributed by atoms with E-state index in [1.807, 2.05) is 24.4 Å². The van der Waals surface area contributed by atoms with E-state index in [0.29, 0.717) is 11.4 Å². The first-order chi connectivity index (χ1) is 10.1. The Morgan fingerprint density at radius 2 is 2.10 bits per heavy atom. The fourth-order valence-corrected chi connectivity index (χ4v) is 4.15. The van der Waals surface area contributed by atoms with Crippen molar-refractivity contribution >= 4 is 60.0 Å². The summed E-state index contributed by atoms with van der Waals surface area (Å²) >= 11 is 8.21. The minimum atomic E-state index is -0.0359. The predicted octanol–water partition coefficient (Wildman–Crippen LogP) is 4.73. The molecule has 1 amide bonds. The lowest BCUT2D eigenvalue weighted by Crippen LogP contribution is -2.24. The molecule has 1 aromatic carbocycles. The van der Waals surface area contributed by atoms with E-state index in [1.165, 1.54) is 22.3 Å². The van der Waals surface area contributed by atoms with Crippen molar-refractivity contribution in [2.75, 3.05) is 6.54 Å². The third-order valence-electron chi connectivity index (χ3n) is 3.22. The predicted molar refractivity (Wildman–Crippen MR) is 94.1 cm³/mol. The van der Waals surface area contributed by atoms with E-state index in [-0.39, 0.29) is 5.91 Å². The lowest BCUT2D eigenvalue weighted by molar-refractivity contribution is 0.0958. The summed E-state index contributed by atoms with van der Waals surface area (Å²) in [5.74, 6) is -0.0359. The van der Waals surface area contributed by atoms with Crippen LogP contribution in [-0.4, -0.2) is 17.4 Å². The Morgan fingerprint density at radius 1 is 1.29 bits per heavy atom. The Balaban J connectivity index is 1.62. The van der Waals surface area contributed by atoms with Gasteiger partial charge in [0.2, 0.25) is 0 Å². The Hall–Kier alpha value is -1.11. The molecule has 0 aliphatic heterocycles. The highest BCUT2D eigenvalue weighted by Gasteiger charge is 2.11. The van der Waals surface area contributed by atoms with Crippen LogP contribution in [0.5, 0.6) is 0 Å². The number of aromatic nitrogens is 1. The Morgan fingerprint density at radius 3 is 2.86 bits per heavy atom. The number of nitrogens with one attached hydrogen (secondary N) is 2. The number of para-hydroxylation sites is 1. The average Bonchev–Trinajstić information content (AvgIpc) is 3.04. The number of benzene rings is 1. The summed E-state index contributed by atoms with van der Waals surface area (Å²) in [5, 5.41) is 4.17. The Labute approximate surface area is 143 Å². The van der Waals surface area contributed by atoms with Crippen LogP contribution in [0, 0.1) is 0 Å². The summed E-state index contributed by atoms with van der Waals surface area (Å²) in [6, 6.07) is 10.0. The maximum Gasteiger partial charge on any atom is 0.261 e. The molecule has 0 unspecified atom stereocenters. The van der Waals surface area contributed by atoms with E-state index in [4.69, 9.17) is 0 Å². The first-order valence-electron chi connectivity index (χ1n) is 6.43. The molecule has 0 bridgehead atoms. The van der Waals surface area contributed by atoms with Gasteiger partial charge in [0.25, 0.3) is 5.91 Å². The van der Waals surface area contributed by atoms with Crippen LogP contribution in [0.15, 0.2) is 44.8 Å². The zero-order valence-electron chi connectivity index (χ0n) is 11.0. The lowest BCUT2D eigenvalue weighted by Gasteiger charge is -2.03. The quantitative estimate of drug-likeness (QED) is 0.621. The average molecular weight is 428 g/mol. The van der Waals surface area contributed by atoms with Gasteiger partial charge in [-0.1, -0.05) is 18.2 Å². The van der Waals surface area contributed by atoms with Gasteiger partial charge in [0, 0.05) is 28.1 Å². The van der Waals surface area contributed by atoms with Crippen LogP contribution >= 0.6 is 43.2 Å². The van der Waals surface area contributed by atoms with E-state index in [1.54, 1.807) is 0 Å². The molecule has 0 saturated carbocycles. The highest BCUT2D eigenvalue weighted by atomic mass is 79.9. The van der Waals surface area contributed by atoms with Crippen LogP contribution in [0.2, 0.25) is 0 Å². The fourth-order valence-electron chi connectivity index (χ4n) is 2.19. The van der Waals surface area contributed by atoms with Gasteiger partial charge in [-0.25, -0.2) is 0 Å². The molecular weight excluding hydrogens is 416 g/mol. The molecule has 21 heavy (non-hydrogen) atoms. The SMILES string of the molecule is O=C(NCCc1c[nH]c2ccccc12)c1cc(Br)c(Br)s1.